The van der Waals surface area contributed by atoms with E-state index in [9.17, 15) is 4.79 Å². The first-order valence-corrected chi connectivity index (χ1v) is 8.29. The monoisotopic (exact) mass is 292 g/mol. The lowest BCUT2D eigenvalue weighted by Crippen LogP contribution is -2.33. The van der Waals surface area contributed by atoms with E-state index in [1.165, 1.54) is 32.1 Å². The molecule has 0 saturated carbocycles. The average Bonchev–Trinajstić information content (AvgIpc) is 2.95. The van der Waals surface area contributed by atoms with Gasteiger partial charge < -0.3 is 14.8 Å². The van der Waals surface area contributed by atoms with E-state index in [4.69, 9.17) is 0 Å². The van der Waals surface area contributed by atoms with Gasteiger partial charge in [-0.2, -0.15) is 0 Å². The van der Waals surface area contributed by atoms with Crippen molar-refractivity contribution in [2.75, 3.05) is 26.2 Å². The predicted octanol–water partition coefficient (Wildman–Crippen LogP) is 2.05. The van der Waals surface area contributed by atoms with Gasteiger partial charge in [-0.15, -0.1) is 0 Å². The Morgan fingerprint density at radius 2 is 1.86 bits per heavy atom. The van der Waals surface area contributed by atoms with Crippen LogP contribution in [0.5, 0.6) is 0 Å². The highest BCUT2D eigenvalue weighted by Gasteiger charge is 2.09. The number of nitrogens with one attached hydrogen (secondary N) is 1. The third kappa shape index (κ3) is 6.76. The Hall–Kier alpha value is -1.36. The normalized spacial score (nSPS) is 17.1. The fraction of sp³-hybridized carbons (Fsp3) is 0.750. The quantitative estimate of drug-likeness (QED) is 0.783. The van der Waals surface area contributed by atoms with Gasteiger partial charge in [-0.1, -0.05) is 19.3 Å². The van der Waals surface area contributed by atoms with Crippen molar-refractivity contribution in [1.82, 2.24) is 19.8 Å². The van der Waals surface area contributed by atoms with Crippen molar-refractivity contribution >= 4 is 5.91 Å². The fourth-order valence-corrected chi connectivity index (χ4v) is 2.79. The van der Waals surface area contributed by atoms with Crippen LogP contribution in [0.2, 0.25) is 0 Å². The Bertz CT molecular complexity index is 383. The lowest BCUT2D eigenvalue weighted by molar-refractivity contribution is -0.121. The number of aryl methyl sites for hydroxylation is 1. The van der Waals surface area contributed by atoms with E-state index in [0.29, 0.717) is 6.42 Å². The minimum absolute atomic E-state index is 0.183. The van der Waals surface area contributed by atoms with E-state index < -0.39 is 0 Å². The van der Waals surface area contributed by atoms with Crippen LogP contribution in [-0.4, -0.2) is 46.5 Å². The molecule has 0 aromatic carbocycles. The molecule has 0 spiro atoms. The minimum Gasteiger partial charge on any atom is -0.356 e. The summed E-state index contributed by atoms with van der Waals surface area (Å²) in [6.45, 7) is 4.89. The standard InChI is InChI=1S/C16H28N4O/c21-16(18-8-6-12-20-14-9-17-15-20)7-13-19-10-4-2-1-3-5-11-19/h9,14-15H,1-8,10-13H2,(H,18,21). The minimum atomic E-state index is 0.183. The molecule has 1 fully saturated rings. The molecule has 1 aromatic rings. The molecule has 0 unspecified atom stereocenters. The molecule has 0 aliphatic carbocycles. The Kier molecular flexibility index (Phi) is 7.29. The summed E-state index contributed by atoms with van der Waals surface area (Å²) in [6.07, 6.45) is 13.8. The second kappa shape index (κ2) is 9.55. The third-order valence-corrected chi connectivity index (χ3v) is 4.08. The van der Waals surface area contributed by atoms with Crippen LogP contribution in [0.3, 0.4) is 0 Å². The second-order valence-electron chi connectivity index (χ2n) is 5.86. The number of amides is 1. The Morgan fingerprint density at radius 1 is 1.10 bits per heavy atom. The molecule has 5 nitrogen and oxygen atoms in total. The van der Waals surface area contributed by atoms with Gasteiger partial charge >= 0.3 is 0 Å². The average molecular weight is 292 g/mol. The first-order valence-electron chi connectivity index (χ1n) is 8.29. The van der Waals surface area contributed by atoms with Crippen LogP contribution < -0.4 is 5.32 Å². The van der Waals surface area contributed by atoms with E-state index >= 15 is 0 Å². The molecule has 2 rings (SSSR count). The number of rotatable bonds is 7. The summed E-state index contributed by atoms with van der Waals surface area (Å²) in [5, 5.41) is 3.01. The number of likely N-dealkylation sites (tertiary alicyclic amines) is 1. The summed E-state index contributed by atoms with van der Waals surface area (Å²) in [5.74, 6) is 0.183. The molecule has 2 heterocycles. The van der Waals surface area contributed by atoms with Crippen LogP contribution in [-0.2, 0) is 11.3 Å². The molecule has 1 N–H and O–H groups in total. The first kappa shape index (κ1) is 16.0. The van der Waals surface area contributed by atoms with Crippen LogP contribution >= 0.6 is 0 Å². The van der Waals surface area contributed by atoms with E-state index in [1.54, 1.807) is 6.20 Å². The van der Waals surface area contributed by atoms with E-state index in [-0.39, 0.29) is 5.91 Å². The number of imidazole rings is 1. The van der Waals surface area contributed by atoms with Gasteiger partial charge in [-0.05, 0) is 32.4 Å². The van der Waals surface area contributed by atoms with Gasteiger partial charge in [0.15, 0.2) is 0 Å². The second-order valence-corrected chi connectivity index (χ2v) is 5.86. The zero-order valence-electron chi connectivity index (χ0n) is 13.0. The molecular weight excluding hydrogens is 264 g/mol. The van der Waals surface area contributed by atoms with Crippen molar-refractivity contribution in [2.24, 2.45) is 0 Å². The van der Waals surface area contributed by atoms with Gasteiger partial charge in [0.2, 0.25) is 5.91 Å². The summed E-state index contributed by atoms with van der Waals surface area (Å²) in [6, 6.07) is 0. The summed E-state index contributed by atoms with van der Waals surface area (Å²) in [5.41, 5.74) is 0. The van der Waals surface area contributed by atoms with E-state index in [1.807, 2.05) is 17.1 Å². The van der Waals surface area contributed by atoms with Crippen LogP contribution in [0, 0.1) is 0 Å². The Morgan fingerprint density at radius 3 is 2.57 bits per heavy atom. The van der Waals surface area contributed by atoms with Gasteiger partial charge in [0.1, 0.15) is 0 Å². The number of aromatic nitrogens is 2. The molecule has 1 aliphatic heterocycles. The molecule has 1 aromatic heterocycles. The number of hydrogen-bond acceptors (Lipinski definition) is 3. The number of nitrogens with zero attached hydrogens (tertiary/aromatic N) is 3. The summed E-state index contributed by atoms with van der Waals surface area (Å²) in [7, 11) is 0. The Labute approximate surface area is 127 Å². The van der Waals surface area contributed by atoms with Crippen molar-refractivity contribution in [1.29, 1.82) is 0 Å². The molecule has 21 heavy (non-hydrogen) atoms. The maximum Gasteiger partial charge on any atom is 0.221 e. The molecule has 0 radical (unpaired) electrons. The van der Waals surface area contributed by atoms with Crippen molar-refractivity contribution in [2.45, 2.75) is 51.5 Å². The lowest BCUT2D eigenvalue weighted by Gasteiger charge is -2.24. The number of hydrogen-bond donors (Lipinski definition) is 1. The van der Waals surface area contributed by atoms with E-state index in [2.05, 4.69) is 15.2 Å². The smallest absolute Gasteiger partial charge is 0.221 e. The molecule has 1 saturated heterocycles. The van der Waals surface area contributed by atoms with Crippen molar-refractivity contribution in [3.8, 4) is 0 Å². The number of carbonyl (C=O) groups excluding carboxylic acids is 1. The lowest BCUT2D eigenvalue weighted by atomic mass is 10.1. The SMILES string of the molecule is O=C(CCN1CCCCCCC1)NCCCn1ccnc1. The van der Waals surface area contributed by atoms with Gasteiger partial charge in [-0.25, -0.2) is 4.98 Å². The summed E-state index contributed by atoms with van der Waals surface area (Å²) < 4.78 is 2.03. The molecule has 5 heteroatoms. The molecule has 0 atom stereocenters. The number of carbonyl (C=O) groups is 1. The predicted molar refractivity (Wildman–Crippen MR) is 84.0 cm³/mol. The topological polar surface area (TPSA) is 50.2 Å². The van der Waals surface area contributed by atoms with Crippen molar-refractivity contribution in [3.63, 3.8) is 0 Å². The van der Waals surface area contributed by atoms with E-state index in [0.717, 1.165) is 39.1 Å². The molecule has 1 amide bonds. The highest BCUT2D eigenvalue weighted by Crippen LogP contribution is 2.10. The van der Waals surface area contributed by atoms with Crippen LogP contribution in [0.1, 0.15) is 44.9 Å². The highest BCUT2D eigenvalue weighted by atomic mass is 16.1. The third-order valence-electron chi connectivity index (χ3n) is 4.08. The van der Waals surface area contributed by atoms with Gasteiger partial charge in [0.05, 0.1) is 6.33 Å². The summed E-state index contributed by atoms with van der Waals surface area (Å²) >= 11 is 0. The van der Waals surface area contributed by atoms with Gasteiger partial charge in [0.25, 0.3) is 0 Å². The largest absolute Gasteiger partial charge is 0.356 e. The summed E-state index contributed by atoms with van der Waals surface area (Å²) in [4.78, 5) is 18.3. The molecule has 118 valence electrons. The first-order chi connectivity index (χ1) is 10.3. The fourth-order valence-electron chi connectivity index (χ4n) is 2.79. The Balaban J connectivity index is 1.52. The van der Waals surface area contributed by atoms with Crippen LogP contribution in [0.25, 0.3) is 0 Å². The molecule has 0 bridgehead atoms. The van der Waals surface area contributed by atoms with Crippen LogP contribution in [0.15, 0.2) is 18.7 Å². The van der Waals surface area contributed by atoms with Crippen LogP contribution in [0.4, 0.5) is 0 Å². The van der Waals surface area contributed by atoms with Gasteiger partial charge in [-0.3, -0.25) is 4.79 Å². The zero-order chi connectivity index (χ0) is 14.8. The zero-order valence-corrected chi connectivity index (χ0v) is 13.0. The maximum absolute atomic E-state index is 11.8. The highest BCUT2D eigenvalue weighted by molar-refractivity contribution is 5.75. The van der Waals surface area contributed by atoms with Crippen molar-refractivity contribution in [3.05, 3.63) is 18.7 Å². The van der Waals surface area contributed by atoms with Crippen molar-refractivity contribution < 1.29 is 4.79 Å². The molecule has 1 aliphatic rings. The maximum atomic E-state index is 11.8. The molecular formula is C16H28N4O. The van der Waals surface area contributed by atoms with Gasteiger partial charge in [0, 0.05) is 38.4 Å².